The number of benzene rings is 1. The molecule has 1 aromatic rings. The topological polar surface area (TPSA) is 56.7 Å². The van der Waals surface area contributed by atoms with E-state index in [2.05, 4.69) is 15.6 Å². The lowest BCUT2D eigenvalue weighted by Gasteiger charge is -2.16. The Morgan fingerprint density at radius 2 is 2.11 bits per heavy atom. The molecule has 0 unspecified atom stereocenters. The highest BCUT2D eigenvalue weighted by Gasteiger charge is 2.21. The Labute approximate surface area is 113 Å². The molecule has 5 nitrogen and oxygen atoms in total. The summed E-state index contributed by atoms with van der Waals surface area (Å²) in [6, 6.07) is 8.08. The van der Waals surface area contributed by atoms with Crippen LogP contribution in [0.15, 0.2) is 29.3 Å². The molecule has 0 aromatic heterocycles. The minimum absolute atomic E-state index is 0.224. The molecule has 0 aliphatic carbocycles. The summed E-state index contributed by atoms with van der Waals surface area (Å²) in [6.45, 7) is 1.55. The Morgan fingerprint density at radius 1 is 1.37 bits per heavy atom. The second-order valence-corrected chi connectivity index (χ2v) is 4.49. The van der Waals surface area contributed by atoms with Gasteiger partial charge in [0.2, 0.25) is 5.91 Å². The van der Waals surface area contributed by atoms with Crippen LogP contribution in [0.1, 0.15) is 18.4 Å². The molecule has 1 fully saturated rings. The second kappa shape index (κ2) is 6.22. The van der Waals surface area contributed by atoms with Crippen molar-refractivity contribution in [2.75, 3.05) is 25.5 Å². The second-order valence-electron chi connectivity index (χ2n) is 4.49. The van der Waals surface area contributed by atoms with Gasteiger partial charge in [-0.3, -0.25) is 9.79 Å². The lowest BCUT2D eigenvalue weighted by Crippen LogP contribution is -2.34. The van der Waals surface area contributed by atoms with Gasteiger partial charge >= 0.3 is 0 Å². The molecule has 0 saturated carbocycles. The maximum absolute atomic E-state index is 11.6. The predicted molar refractivity (Wildman–Crippen MR) is 77.3 cm³/mol. The lowest BCUT2D eigenvalue weighted by molar-refractivity contribution is -0.117. The van der Waals surface area contributed by atoms with Gasteiger partial charge in [0.05, 0.1) is 0 Å². The Balaban J connectivity index is 1.96. The summed E-state index contributed by atoms with van der Waals surface area (Å²) in [5, 5.41) is 6.16. The van der Waals surface area contributed by atoms with Crippen LogP contribution in [0.2, 0.25) is 0 Å². The van der Waals surface area contributed by atoms with Gasteiger partial charge in [-0.15, -0.1) is 0 Å². The molecule has 19 heavy (non-hydrogen) atoms. The monoisotopic (exact) mass is 260 g/mol. The summed E-state index contributed by atoms with van der Waals surface area (Å²) in [7, 11) is 3.57. The molecule has 0 radical (unpaired) electrons. The number of aliphatic imine (C=N–C) groups is 1. The molecule has 1 heterocycles. The van der Waals surface area contributed by atoms with E-state index < -0.39 is 0 Å². The van der Waals surface area contributed by atoms with E-state index in [0.29, 0.717) is 13.0 Å². The van der Waals surface area contributed by atoms with Crippen LogP contribution in [-0.4, -0.2) is 32.5 Å². The Morgan fingerprint density at radius 3 is 2.63 bits per heavy atom. The third-order valence-electron chi connectivity index (χ3n) is 3.24. The quantitative estimate of drug-likeness (QED) is 0.632. The zero-order chi connectivity index (χ0) is 13.7. The van der Waals surface area contributed by atoms with Crippen LogP contribution in [0.5, 0.6) is 0 Å². The smallest absolute Gasteiger partial charge is 0.227 e. The lowest BCUT2D eigenvalue weighted by atomic mass is 10.2. The molecular formula is C14H20N4O. The predicted octanol–water partition coefficient (Wildman–Crippen LogP) is 1.11. The minimum Gasteiger partial charge on any atom is -0.359 e. The van der Waals surface area contributed by atoms with Gasteiger partial charge < -0.3 is 15.5 Å². The standard InChI is InChI=1S/C14H20N4O/c1-15-14(16-2)17-10-11-5-7-12(8-6-11)18-9-3-4-13(18)19/h5-8H,3-4,9-10H2,1-2H3,(H2,15,16,17). The Bertz CT molecular complexity index is 467. The van der Waals surface area contributed by atoms with Crippen LogP contribution in [-0.2, 0) is 11.3 Å². The molecule has 0 atom stereocenters. The molecule has 0 bridgehead atoms. The van der Waals surface area contributed by atoms with Crippen molar-refractivity contribution in [1.82, 2.24) is 10.6 Å². The number of carbonyl (C=O) groups is 1. The minimum atomic E-state index is 0.224. The fourth-order valence-electron chi connectivity index (χ4n) is 2.18. The van der Waals surface area contributed by atoms with Gasteiger partial charge in [-0.1, -0.05) is 12.1 Å². The van der Waals surface area contributed by atoms with Gasteiger partial charge in [0.1, 0.15) is 0 Å². The van der Waals surface area contributed by atoms with Gasteiger partial charge in [0.25, 0.3) is 0 Å². The van der Waals surface area contributed by atoms with E-state index in [-0.39, 0.29) is 5.91 Å². The van der Waals surface area contributed by atoms with E-state index in [0.717, 1.165) is 30.2 Å². The summed E-state index contributed by atoms with van der Waals surface area (Å²) in [4.78, 5) is 17.5. The first kappa shape index (κ1) is 13.4. The number of rotatable bonds is 3. The van der Waals surface area contributed by atoms with Gasteiger partial charge in [-0.25, -0.2) is 0 Å². The van der Waals surface area contributed by atoms with Crippen molar-refractivity contribution in [3.8, 4) is 0 Å². The molecule has 1 saturated heterocycles. The van der Waals surface area contributed by atoms with Gasteiger partial charge in [-0.2, -0.15) is 0 Å². The van der Waals surface area contributed by atoms with Crippen molar-refractivity contribution in [2.45, 2.75) is 19.4 Å². The number of carbonyl (C=O) groups excluding carboxylic acids is 1. The number of hydrogen-bond donors (Lipinski definition) is 2. The maximum atomic E-state index is 11.6. The van der Waals surface area contributed by atoms with E-state index in [1.807, 2.05) is 36.2 Å². The van der Waals surface area contributed by atoms with E-state index in [4.69, 9.17) is 0 Å². The van der Waals surface area contributed by atoms with Crippen LogP contribution >= 0.6 is 0 Å². The largest absolute Gasteiger partial charge is 0.359 e. The zero-order valence-electron chi connectivity index (χ0n) is 11.4. The number of nitrogens with one attached hydrogen (secondary N) is 2. The number of nitrogens with zero attached hydrogens (tertiary/aromatic N) is 2. The maximum Gasteiger partial charge on any atom is 0.227 e. The first-order valence-corrected chi connectivity index (χ1v) is 6.52. The SMILES string of the molecule is CN=C(NC)NCc1ccc(N2CCCC2=O)cc1. The van der Waals surface area contributed by atoms with Crippen LogP contribution in [0, 0.1) is 0 Å². The van der Waals surface area contributed by atoms with E-state index in [1.165, 1.54) is 0 Å². The molecule has 0 spiro atoms. The van der Waals surface area contributed by atoms with E-state index in [1.54, 1.807) is 7.05 Å². The van der Waals surface area contributed by atoms with E-state index >= 15 is 0 Å². The highest BCUT2D eigenvalue weighted by molar-refractivity contribution is 5.95. The van der Waals surface area contributed by atoms with Crippen molar-refractivity contribution in [3.63, 3.8) is 0 Å². The fraction of sp³-hybridized carbons (Fsp3) is 0.429. The molecule has 1 aliphatic heterocycles. The highest BCUT2D eigenvalue weighted by Crippen LogP contribution is 2.21. The molecule has 1 aromatic carbocycles. The number of anilines is 1. The molecule has 5 heteroatoms. The molecule has 2 rings (SSSR count). The van der Waals surface area contributed by atoms with Crippen molar-refractivity contribution in [1.29, 1.82) is 0 Å². The Kier molecular flexibility index (Phi) is 4.39. The zero-order valence-corrected chi connectivity index (χ0v) is 11.4. The van der Waals surface area contributed by atoms with Gasteiger partial charge in [-0.05, 0) is 24.1 Å². The number of amides is 1. The third kappa shape index (κ3) is 3.24. The number of hydrogen-bond acceptors (Lipinski definition) is 2. The first-order chi connectivity index (χ1) is 9.24. The molecular weight excluding hydrogens is 240 g/mol. The molecule has 2 N–H and O–H groups in total. The molecule has 102 valence electrons. The third-order valence-corrected chi connectivity index (χ3v) is 3.24. The van der Waals surface area contributed by atoms with Crippen LogP contribution < -0.4 is 15.5 Å². The van der Waals surface area contributed by atoms with Crippen molar-refractivity contribution in [2.24, 2.45) is 4.99 Å². The van der Waals surface area contributed by atoms with Crippen molar-refractivity contribution >= 4 is 17.6 Å². The summed E-state index contributed by atoms with van der Waals surface area (Å²) in [5.41, 5.74) is 2.15. The molecule has 1 aliphatic rings. The Hall–Kier alpha value is -2.04. The average molecular weight is 260 g/mol. The summed E-state index contributed by atoms with van der Waals surface area (Å²) >= 11 is 0. The van der Waals surface area contributed by atoms with Crippen LogP contribution in [0.3, 0.4) is 0 Å². The normalized spacial score (nSPS) is 15.8. The van der Waals surface area contributed by atoms with Crippen LogP contribution in [0.25, 0.3) is 0 Å². The van der Waals surface area contributed by atoms with Crippen molar-refractivity contribution < 1.29 is 4.79 Å². The van der Waals surface area contributed by atoms with Gasteiger partial charge in [0, 0.05) is 39.3 Å². The summed E-state index contributed by atoms with van der Waals surface area (Å²) in [6.07, 6.45) is 1.63. The van der Waals surface area contributed by atoms with Gasteiger partial charge in [0.15, 0.2) is 5.96 Å². The summed E-state index contributed by atoms with van der Waals surface area (Å²) in [5.74, 6) is 0.986. The van der Waals surface area contributed by atoms with E-state index in [9.17, 15) is 4.79 Å². The fourth-order valence-corrected chi connectivity index (χ4v) is 2.18. The summed E-state index contributed by atoms with van der Waals surface area (Å²) < 4.78 is 0. The first-order valence-electron chi connectivity index (χ1n) is 6.52. The highest BCUT2D eigenvalue weighted by atomic mass is 16.2. The average Bonchev–Trinajstić information content (AvgIpc) is 2.87. The van der Waals surface area contributed by atoms with Crippen molar-refractivity contribution in [3.05, 3.63) is 29.8 Å². The molecule has 1 amide bonds. The number of guanidine groups is 1. The van der Waals surface area contributed by atoms with Crippen LogP contribution in [0.4, 0.5) is 5.69 Å².